The molecule has 0 saturated heterocycles. The lowest BCUT2D eigenvalue weighted by Crippen LogP contribution is -2.41. The van der Waals surface area contributed by atoms with Crippen LogP contribution in [0.15, 0.2) is 0 Å². The van der Waals surface area contributed by atoms with E-state index >= 15 is 0 Å². The van der Waals surface area contributed by atoms with E-state index < -0.39 is 0 Å². The number of rotatable bonds is 7. The lowest BCUT2D eigenvalue weighted by Gasteiger charge is -2.25. The van der Waals surface area contributed by atoms with Gasteiger partial charge in [-0.25, -0.2) is 0 Å². The normalized spacial score (nSPS) is 14.5. The molecule has 1 atom stereocenters. The molecule has 0 bridgehead atoms. The Bertz CT molecular complexity index is 126. The molecule has 3 nitrogen and oxygen atoms in total. The van der Waals surface area contributed by atoms with Gasteiger partial charge in [0.2, 0.25) is 0 Å². The van der Waals surface area contributed by atoms with Gasteiger partial charge in [0.05, 0.1) is 5.60 Å². The molecule has 80 valence electrons. The van der Waals surface area contributed by atoms with Crippen molar-refractivity contribution in [1.29, 1.82) is 0 Å². The monoisotopic (exact) mass is 189 g/mol. The van der Waals surface area contributed by atoms with Crippen LogP contribution >= 0.6 is 0 Å². The number of nitrogens with one attached hydrogen (secondary N) is 1. The van der Waals surface area contributed by atoms with E-state index in [1.54, 1.807) is 14.2 Å². The lowest BCUT2D eigenvalue weighted by molar-refractivity contribution is 0.0206. The zero-order chi connectivity index (χ0) is 10.3. The van der Waals surface area contributed by atoms with Crippen LogP contribution in [-0.4, -0.2) is 39.0 Å². The number of hydrogen-bond donors (Lipinski definition) is 1. The quantitative estimate of drug-likeness (QED) is 0.657. The van der Waals surface area contributed by atoms with E-state index in [9.17, 15) is 0 Å². The SMILES string of the molecule is COCCC(C)NCC(C)(C)OC. The van der Waals surface area contributed by atoms with Crippen LogP contribution in [0.2, 0.25) is 0 Å². The minimum Gasteiger partial charge on any atom is -0.385 e. The van der Waals surface area contributed by atoms with E-state index in [1.165, 1.54) is 0 Å². The van der Waals surface area contributed by atoms with Crippen LogP contribution in [-0.2, 0) is 9.47 Å². The summed E-state index contributed by atoms with van der Waals surface area (Å²) < 4.78 is 10.3. The molecule has 0 aromatic carbocycles. The Kier molecular flexibility index (Phi) is 6.29. The molecular weight excluding hydrogens is 166 g/mol. The Labute approximate surface area is 81.8 Å². The summed E-state index contributed by atoms with van der Waals surface area (Å²) in [6.45, 7) is 7.98. The Balaban J connectivity index is 3.51. The van der Waals surface area contributed by atoms with E-state index in [0.717, 1.165) is 19.6 Å². The number of methoxy groups -OCH3 is 2. The second kappa shape index (κ2) is 6.35. The topological polar surface area (TPSA) is 30.5 Å². The molecule has 0 spiro atoms. The standard InChI is InChI=1S/C10H23NO2/c1-9(6-7-12-4)11-8-10(2,3)13-5/h9,11H,6-8H2,1-5H3. The first-order valence-electron chi connectivity index (χ1n) is 4.79. The van der Waals surface area contributed by atoms with Crippen LogP contribution in [0, 0.1) is 0 Å². The van der Waals surface area contributed by atoms with Gasteiger partial charge in [-0.05, 0) is 27.2 Å². The maximum Gasteiger partial charge on any atom is 0.0746 e. The number of ether oxygens (including phenoxy) is 2. The maximum atomic E-state index is 5.30. The molecule has 0 aromatic rings. The van der Waals surface area contributed by atoms with Crippen molar-refractivity contribution >= 4 is 0 Å². The van der Waals surface area contributed by atoms with Gasteiger partial charge in [-0.2, -0.15) is 0 Å². The number of hydrogen-bond acceptors (Lipinski definition) is 3. The van der Waals surface area contributed by atoms with Gasteiger partial charge in [-0.1, -0.05) is 0 Å². The minimum absolute atomic E-state index is 0.0820. The molecule has 0 amide bonds. The fraction of sp³-hybridized carbons (Fsp3) is 1.00. The van der Waals surface area contributed by atoms with Crippen molar-refractivity contribution in [2.75, 3.05) is 27.4 Å². The summed E-state index contributed by atoms with van der Waals surface area (Å²) in [4.78, 5) is 0. The Morgan fingerprint density at radius 1 is 1.31 bits per heavy atom. The van der Waals surface area contributed by atoms with Gasteiger partial charge < -0.3 is 14.8 Å². The van der Waals surface area contributed by atoms with E-state index in [4.69, 9.17) is 9.47 Å². The van der Waals surface area contributed by atoms with Crippen molar-refractivity contribution in [1.82, 2.24) is 5.32 Å². The molecule has 1 N–H and O–H groups in total. The summed E-state index contributed by atoms with van der Waals surface area (Å²) in [5.74, 6) is 0. The molecule has 0 saturated carbocycles. The second-order valence-corrected chi connectivity index (χ2v) is 4.03. The van der Waals surface area contributed by atoms with Crippen LogP contribution in [0.3, 0.4) is 0 Å². The highest BCUT2D eigenvalue weighted by molar-refractivity contribution is 4.73. The highest BCUT2D eigenvalue weighted by atomic mass is 16.5. The van der Waals surface area contributed by atoms with Gasteiger partial charge in [0.1, 0.15) is 0 Å². The summed E-state index contributed by atoms with van der Waals surface area (Å²) in [5.41, 5.74) is -0.0820. The predicted molar refractivity (Wildman–Crippen MR) is 55.0 cm³/mol. The third kappa shape index (κ3) is 6.99. The smallest absolute Gasteiger partial charge is 0.0746 e. The molecule has 0 aliphatic carbocycles. The average molecular weight is 189 g/mol. The van der Waals surface area contributed by atoms with Gasteiger partial charge in [0.25, 0.3) is 0 Å². The van der Waals surface area contributed by atoms with Gasteiger partial charge in [-0.3, -0.25) is 0 Å². The fourth-order valence-electron chi connectivity index (χ4n) is 0.889. The Morgan fingerprint density at radius 2 is 1.92 bits per heavy atom. The highest BCUT2D eigenvalue weighted by Crippen LogP contribution is 2.05. The van der Waals surface area contributed by atoms with Crippen molar-refractivity contribution in [3.63, 3.8) is 0 Å². The summed E-state index contributed by atoms with van der Waals surface area (Å²) in [6.07, 6.45) is 1.04. The van der Waals surface area contributed by atoms with Gasteiger partial charge in [0.15, 0.2) is 0 Å². The molecule has 0 fully saturated rings. The molecule has 13 heavy (non-hydrogen) atoms. The van der Waals surface area contributed by atoms with Gasteiger partial charge in [0, 0.05) is 33.4 Å². The van der Waals surface area contributed by atoms with Gasteiger partial charge >= 0.3 is 0 Å². The Hall–Kier alpha value is -0.120. The molecule has 3 heteroatoms. The van der Waals surface area contributed by atoms with Crippen LogP contribution in [0.1, 0.15) is 27.2 Å². The van der Waals surface area contributed by atoms with Crippen LogP contribution < -0.4 is 5.32 Å². The zero-order valence-electron chi connectivity index (χ0n) is 9.52. The molecule has 0 aliphatic rings. The first-order chi connectivity index (χ1) is 6.02. The first kappa shape index (κ1) is 12.9. The second-order valence-electron chi connectivity index (χ2n) is 4.03. The molecular formula is C10H23NO2. The maximum absolute atomic E-state index is 5.30. The molecule has 0 aliphatic heterocycles. The third-order valence-corrected chi connectivity index (χ3v) is 2.18. The van der Waals surface area contributed by atoms with E-state index in [1.807, 2.05) is 0 Å². The van der Waals surface area contributed by atoms with E-state index in [-0.39, 0.29) is 5.60 Å². The largest absolute Gasteiger partial charge is 0.385 e. The fourth-order valence-corrected chi connectivity index (χ4v) is 0.889. The van der Waals surface area contributed by atoms with Crippen molar-refractivity contribution in [3.8, 4) is 0 Å². The van der Waals surface area contributed by atoms with Crippen molar-refractivity contribution in [2.24, 2.45) is 0 Å². The molecule has 1 unspecified atom stereocenters. The molecule has 0 rings (SSSR count). The summed E-state index contributed by atoms with van der Waals surface area (Å²) in [5, 5.41) is 3.40. The molecule has 0 heterocycles. The van der Waals surface area contributed by atoms with Crippen molar-refractivity contribution < 1.29 is 9.47 Å². The highest BCUT2D eigenvalue weighted by Gasteiger charge is 2.16. The minimum atomic E-state index is -0.0820. The predicted octanol–water partition coefficient (Wildman–Crippen LogP) is 1.43. The zero-order valence-corrected chi connectivity index (χ0v) is 9.52. The van der Waals surface area contributed by atoms with Crippen LogP contribution in [0.4, 0.5) is 0 Å². The summed E-state index contributed by atoms with van der Waals surface area (Å²) in [6, 6.07) is 0.481. The van der Waals surface area contributed by atoms with Crippen molar-refractivity contribution in [3.05, 3.63) is 0 Å². The average Bonchev–Trinajstić information content (AvgIpc) is 2.11. The third-order valence-electron chi connectivity index (χ3n) is 2.18. The lowest BCUT2D eigenvalue weighted by atomic mass is 10.1. The van der Waals surface area contributed by atoms with Crippen LogP contribution in [0.25, 0.3) is 0 Å². The first-order valence-corrected chi connectivity index (χ1v) is 4.79. The van der Waals surface area contributed by atoms with E-state index in [2.05, 4.69) is 26.1 Å². The van der Waals surface area contributed by atoms with Crippen LogP contribution in [0.5, 0.6) is 0 Å². The summed E-state index contributed by atoms with van der Waals surface area (Å²) >= 11 is 0. The Morgan fingerprint density at radius 3 is 2.38 bits per heavy atom. The summed E-state index contributed by atoms with van der Waals surface area (Å²) in [7, 11) is 3.47. The van der Waals surface area contributed by atoms with Gasteiger partial charge in [-0.15, -0.1) is 0 Å². The van der Waals surface area contributed by atoms with Crippen molar-refractivity contribution in [2.45, 2.75) is 38.8 Å². The van der Waals surface area contributed by atoms with E-state index in [0.29, 0.717) is 6.04 Å². The molecule has 0 aromatic heterocycles. The molecule has 0 radical (unpaired) electrons.